The first-order valence-corrected chi connectivity index (χ1v) is 15.9. The summed E-state index contributed by atoms with van der Waals surface area (Å²) in [5, 5.41) is 2.52. The number of hydrogen-bond donors (Lipinski definition) is 0. The van der Waals surface area contributed by atoms with Gasteiger partial charge in [-0.05, 0) is 36.2 Å². The van der Waals surface area contributed by atoms with Crippen LogP contribution in [0.2, 0.25) is 10.2 Å². The van der Waals surface area contributed by atoms with Gasteiger partial charge in [-0.2, -0.15) is 0 Å². The van der Waals surface area contributed by atoms with Crippen LogP contribution < -0.4 is 10.4 Å². The van der Waals surface area contributed by atoms with Crippen LogP contribution in [0.4, 0.5) is 0 Å². The third kappa shape index (κ3) is 4.08. The molecule has 2 aromatic carbocycles. The van der Waals surface area contributed by atoms with E-state index < -0.39 is 31.3 Å². The summed E-state index contributed by atoms with van der Waals surface area (Å²) < 4.78 is 22.7. The smallest absolute Gasteiger partial charge is 0.261 e. The molecule has 0 unspecified atom stereocenters. The van der Waals surface area contributed by atoms with E-state index in [0.717, 1.165) is 0 Å². The number of rotatable bonds is 6. The lowest BCUT2D eigenvalue weighted by molar-refractivity contribution is -0.161. The van der Waals surface area contributed by atoms with Crippen LogP contribution >= 0.6 is 11.6 Å². The molecule has 3 atom stereocenters. The first kappa shape index (κ1) is 27.3. The van der Waals surface area contributed by atoms with Gasteiger partial charge < -0.3 is 18.5 Å². The predicted molar refractivity (Wildman–Crippen MR) is 159 cm³/mol. The lowest BCUT2D eigenvalue weighted by atomic mass is 9.90. The summed E-state index contributed by atoms with van der Waals surface area (Å²) in [5.41, 5.74) is -0.337. The van der Waals surface area contributed by atoms with Crippen molar-refractivity contribution in [3.05, 3.63) is 90.6 Å². The fourth-order valence-electron chi connectivity index (χ4n) is 6.62. The Morgan fingerprint density at radius 2 is 1.55 bits per heavy atom. The minimum absolute atomic E-state index is 0.197. The molecule has 1 saturated heterocycles. The molecule has 0 radical (unpaired) electrons. The van der Waals surface area contributed by atoms with E-state index in [-0.39, 0.29) is 5.04 Å². The van der Waals surface area contributed by atoms with Crippen LogP contribution in [0.3, 0.4) is 0 Å². The molecule has 1 aliphatic heterocycles. The molecular formula is C31H35ClN4O3Si. The van der Waals surface area contributed by atoms with Gasteiger partial charge in [-0.25, -0.2) is 15.0 Å². The fraction of sp³-hybridized carbons (Fsp3) is 0.387. The molecule has 7 nitrogen and oxygen atoms in total. The summed E-state index contributed by atoms with van der Waals surface area (Å²) in [6.45, 7) is 13.1. The minimum Gasteiger partial charge on any atom is -0.405 e. The van der Waals surface area contributed by atoms with Gasteiger partial charge in [0.05, 0.1) is 12.9 Å². The van der Waals surface area contributed by atoms with Crippen molar-refractivity contribution in [3.8, 4) is 0 Å². The van der Waals surface area contributed by atoms with Crippen LogP contribution in [0, 0.1) is 0 Å². The molecule has 1 aliphatic carbocycles. The van der Waals surface area contributed by atoms with Gasteiger partial charge in [-0.15, -0.1) is 0 Å². The van der Waals surface area contributed by atoms with Crippen molar-refractivity contribution in [2.45, 2.75) is 69.6 Å². The quantitative estimate of drug-likeness (QED) is 0.178. The summed E-state index contributed by atoms with van der Waals surface area (Å²) in [4.78, 5) is 13.4. The first-order chi connectivity index (χ1) is 18.9. The van der Waals surface area contributed by atoms with Crippen molar-refractivity contribution in [3.63, 3.8) is 0 Å². The Kier molecular flexibility index (Phi) is 6.36. The topological polar surface area (TPSA) is 71.3 Å². The second-order valence-corrected chi connectivity index (χ2v) is 17.1. The Bertz CT molecular complexity index is 1530. The molecule has 6 rings (SSSR count). The van der Waals surface area contributed by atoms with E-state index in [1.165, 1.54) is 16.7 Å². The molecule has 0 saturated carbocycles. The molecule has 0 amide bonds. The molecular weight excluding hydrogens is 540 g/mol. The van der Waals surface area contributed by atoms with Gasteiger partial charge in [0.1, 0.15) is 29.1 Å². The highest BCUT2D eigenvalue weighted by Gasteiger charge is 2.63. The Hall–Kier alpha value is -2.88. The zero-order valence-corrected chi connectivity index (χ0v) is 25.5. The maximum absolute atomic E-state index is 7.51. The van der Waals surface area contributed by atoms with Crippen molar-refractivity contribution in [2.24, 2.45) is 0 Å². The van der Waals surface area contributed by atoms with Gasteiger partial charge in [0.25, 0.3) is 8.32 Å². The largest absolute Gasteiger partial charge is 0.405 e. The maximum Gasteiger partial charge on any atom is 0.261 e. The van der Waals surface area contributed by atoms with E-state index in [1.807, 2.05) is 18.4 Å². The summed E-state index contributed by atoms with van der Waals surface area (Å²) in [5.74, 6) is -0.782. The Labute approximate surface area is 241 Å². The van der Waals surface area contributed by atoms with Crippen molar-refractivity contribution in [2.75, 3.05) is 6.61 Å². The number of nitrogens with zero attached hydrogens (tertiary/aromatic N) is 4. The van der Waals surface area contributed by atoms with Gasteiger partial charge in [-0.3, -0.25) is 0 Å². The minimum atomic E-state index is -2.88. The zero-order chi connectivity index (χ0) is 28.4. The van der Waals surface area contributed by atoms with E-state index in [9.17, 15) is 0 Å². The van der Waals surface area contributed by atoms with Crippen LogP contribution in [0.1, 0.15) is 41.5 Å². The number of halogens is 1. The molecule has 9 heteroatoms. The third-order valence-electron chi connectivity index (χ3n) is 8.22. The molecule has 40 heavy (non-hydrogen) atoms. The number of aromatic nitrogens is 4. The molecule has 0 N–H and O–H groups in total. The lowest BCUT2D eigenvalue weighted by Crippen LogP contribution is -2.68. The van der Waals surface area contributed by atoms with Gasteiger partial charge in [-0.1, -0.05) is 105 Å². The summed E-state index contributed by atoms with van der Waals surface area (Å²) >= 11 is 6.45. The molecule has 2 aromatic heterocycles. The van der Waals surface area contributed by atoms with Crippen molar-refractivity contribution in [1.29, 1.82) is 0 Å². The van der Waals surface area contributed by atoms with Gasteiger partial charge >= 0.3 is 0 Å². The molecule has 3 heterocycles. The predicted octanol–water partition coefficient (Wildman–Crippen LogP) is 5.23. The van der Waals surface area contributed by atoms with E-state index in [1.54, 1.807) is 6.33 Å². The summed E-state index contributed by atoms with van der Waals surface area (Å²) in [6, 6.07) is 21.3. The van der Waals surface area contributed by atoms with Crippen molar-refractivity contribution >= 4 is 41.5 Å². The van der Waals surface area contributed by atoms with Crippen LogP contribution in [0.25, 0.3) is 11.2 Å². The monoisotopic (exact) mass is 574 g/mol. The zero-order valence-electron chi connectivity index (χ0n) is 23.8. The molecule has 208 valence electrons. The van der Waals surface area contributed by atoms with Gasteiger partial charge in [0, 0.05) is 0 Å². The van der Waals surface area contributed by atoms with Gasteiger partial charge in [0.2, 0.25) is 0 Å². The number of imidazole rings is 1. The SMILES string of the molecule is CC1(C)O[C@H]2[C@](C)(C=C[C@]2(CO[Si](c2ccccc2)(c2ccccc2)C(C)(C)C)n2cnc3c(Cl)ncnc32)O1. The first-order valence-electron chi connectivity index (χ1n) is 13.6. The van der Waals surface area contributed by atoms with Crippen LogP contribution in [-0.2, 0) is 19.4 Å². The highest BCUT2D eigenvalue weighted by molar-refractivity contribution is 6.99. The van der Waals surface area contributed by atoms with E-state index in [0.29, 0.717) is 22.9 Å². The molecule has 1 fully saturated rings. The fourth-order valence-corrected chi connectivity index (χ4v) is 11.4. The van der Waals surface area contributed by atoms with E-state index in [2.05, 4.69) is 115 Å². The summed E-state index contributed by atoms with van der Waals surface area (Å²) in [7, 11) is -2.88. The lowest BCUT2D eigenvalue weighted by Gasteiger charge is -2.46. The average molecular weight is 575 g/mol. The normalized spacial score (nSPS) is 25.9. The van der Waals surface area contributed by atoms with Crippen molar-refractivity contribution < 1.29 is 13.9 Å². The van der Waals surface area contributed by atoms with Crippen LogP contribution in [0.5, 0.6) is 0 Å². The second-order valence-electron chi connectivity index (χ2n) is 12.4. The number of ether oxygens (including phenoxy) is 2. The number of hydrogen-bond acceptors (Lipinski definition) is 6. The average Bonchev–Trinajstić information content (AvgIpc) is 3.54. The standard InChI is InChI=1S/C31H35ClN4O3Si/c1-28(2,3)40(22-13-9-7-10-14-22,23-15-11-8-12-16-23)37-19-31(18-17-30(6)27(31)38-29(4,5)39-30)36-21-35-24-25(32)33-20-34-26(24)36/h7-18,20-21,27H,19H2,1-6H3/t27-,30-,31+/m0/s1. The third-order valence-corrected chi connectivity index (χ3v) is 13.5. The maximum atomic E-state index is 7.51. The van der Waals surface area contributed by atoms with Gasteiger partial charge in [0.15, 0.2) is 16.6 Å². The van der Waals surface area contributed by atoms with Crippen LogP contribution in [-0.4, -0.2) is 51.9 Å². The molecule has 4 aromatic rings. The Morgan fingerprint density at radius 1 is 0.925 bits per heavy atom. The Morgan fingerprint density at radius 3 is 2.15 bits per heavy atom. The molecule has 0 bridgehead atoms. The number of fused-ring (bicyclic) bond motifs is 2. The summed E-state index contributed by atoms with van der Waals surface area (Å²) in [6.07, 6.45) is 7.06. The Balaban J connectivity index is 1.56. The van der Waals surface area contributed by atoms with E-state index >= 15 is 0 Å². The van der Waals surface area contributed by atoms with Crippen molar-refractivity contribution in [1.82, 2.24) is 19.5 Å². The number of benzene rings is 2. The van der Waals surface area contributed by atoms with Crippen LogP contribution in [0.15, 0.2) is 85.5 Å². The second kappa shape index (κ2) is 9.32. The highest BCUT2D eigenvalue weighted by Crippen LogP contribution is 2.51. The van der Waals surface area contributed by atoms with E-state index in [4.69, 9.17) is 25.5 Å². The highest BCUT2D eigenvalue weighted by atomic mass is 35.5. The molecule has 0 spiro atoms. The molecule has 2 aliphatic rings.